The van der Waals surface area contributed by atoms with Gasteiger partial charge in [0.2, 0.25) is 0 Å². The molecule has 0 rings (SSSR count). The van der Waals surface area contributed by atoms with Crippen molar-refractivity contribution in [3.63, 3.8) is 0 Å². The van der Waals surface area contributed by atoms with Crippen molar-refractivity contribution in [3.05, 3.63) is 0 Å². The smallest absolute Gasteiger partial charge is 2.00 e. The van der Waals surface area contributed by atoms with Gasteiger partial charge in [-0.1, -0.05) is 180 Å². The fourth-order valence-corrected chi connectivity index (χ4v) is 0. The van der Waals surface area contributed by atoms with Crippen LogP contribution in [0.5, 0.6) is 0 Å². The van der Waals surface area contributed by atoms with Crippen LogP contribution in [0.4, 0.5) is 0 Å². The second-order valence-corrected chi connectivity index (χ2v) is 13.6. The monoisotopic (exact) mass is 1540 g/mol. The van der Waals surface area contributed by atoms with E-state index in [1.807, 2.05) is 0 Å². The quantitative estimate of drug-likeness (QED) is 0.230. The van der Waals surface area contributed by atoms with Crippen LogP contribution in [0.25, 0.3) is 0 Å². The van der Waals surface area contributed by atoms with E-state index in [1.165, 1.54) is 0 Å². The minimum atomic E-state index is -0.417. The van der Waals surface area contributed by atoms with Crippen LogP contribution in [0.2, 0.25) is 0 Å². The molecule has 0 saturated heterocycles. The van der Waals surface area contributed by atoms with E-state index in [1.54, 1.807) is 180 Å². The van der Waals surface area contributed by atoms with Crippen LogP contribution in [0.15, 0.2) is 0 Å². The van der Waals surface area contributed by atoms with Crippen molar-refractivity contribution in [2.45, 2.75) is 259 Å². The van der Waals surface area contributed by atoms with Gasteiger partial charge in [0.1, 0.15) is 0 Å². The van der Waals surface area contributed by atoms with E-state index in [9.17, 15) is 66.4 Å². The van der Waals surface area contributed by atoms with E-state index in [0.29, 0.717) is 0 Å². The predicted octanol–water partition coefficient (Wildman–Crippen LogP) is -3.30. The Balaban J connectivity index is -0.0000000166. The van der Waals surface area contributed by atoms with Crippen LogP contribution in [-0.2, 0) is 5.48 Å². The zero-order valence-electron chi connectivity index (χ0n) is 41.3. The fraction of sp³-hybridized carbons (Fsp3) is 1.00. The standard InChI is InChI=1S/13C3H7O.O.5Sm/c13*1-3(2)4;;;;;;/h13*3H,1-2H3;;;;;;/q13*-1;-2;5*+3. The Morgan fingerprint density at radius 1 is 0.138 bits per heavy atom. The van der Waals surface area contributed by atoms with Gasteiger partial charge in [0.15, 0.2) is 0 Å². The summed E-state index contributed by atoms with van der Waals surface area (Å²) in [6, 6.07) is 0. The summed E-state index contributed by atoms with van der Waals surface area (Å²) in [7, 11) is 0. The third-order valence-corrected chi connectivity index (χ3v) is 0. The van der Waals surface area contributed by atoms with Gasteiger partial charge in [0.05, 0.1) is 0 Å². The van der Waals surface area contributed by atoms with Crippen LogP contribution in [0.1, 0.15) is 180 Å². The molecule has 0 N–H and O–H groups in total. The first-order chi connectivity index (χ1) is 22.5. The topological polar surface area (TPSA) is 328 Å². The van der Waals surface area contributed by atoms with Crippen LogP contribution >= 0.6 is 0 Å². The second-order valence-electron chi connectivity index (χ2n) is 13.6. The first kappa shape index (κ1) is 125. The van der Waals surface area contributed by atoms with E-state index >= 15 is 0 Å². The van der Waals surface area contributed by atoms with E-state index in [4.69, 9.17) is 0 Å². The Labute approximate surface area is 524 Å². The summed E-state index contributed by atoms with van der Waals surface area (Å²) in [5.41, 5.74) is 0. The molecule has 19 heteroatoms. The molecule has 0 bridgehead atoms. The first-order valence-corrected chi connectivity index (χ1v) is 18.1. The zero-order valence-corrected chi connectivity index (χ0v) is 54.4. The van der Waals surface area contributed by atoms with E-state index in [2.05, 4.69) is 0 Å². The molecule has 5 radical (unpaired) electrons. The van der Waals surface area contributed by atoms with Gasteiger partial charge in [-0.25, -0.2) is 0 Å². The van der Waals surface area contributed by atoms with Crippen molar-refractivity contribution in [1.29, 1.82) is 0 Å². The molecule has 0 amide bonds. The van der Waals surface area contributed by atoms with Gasteiger partial charge in [-0.3, -0.25) is 0 Å². The maximum absolute atomic E-state index is 9.53. The van der Waals surface area contributed by atoms with Gasteiger partial charge in [-0.15, -0.1) is 79.4 Å². The van der Waals surface area contributed by atoms with Crippen molar-refractivity contribution in [2.75, 3.05) is 0 Å². The van der Waals surface area contributed by atoms with Crippen LogP contribution in [0.3, 0.4) is 0 Å². The number of hydrogen-bond donors (Lipinski definition) is 0. The molecule has 0 fully saturated rings. The molecule has 0 unspecified atom stereocenters. The molecule has 0 saturated carbocycles. The second kappa shape index (κ2) is 120. The molecule has 0 aromatic rings. The molecule has 14 nitrogen and oxygen atoms in total. The molecule has 0 heterocycles. The summed E-state index contributed by atoms with van der Waals surface area (Å²) in [6.07, 6.45) is -5.42. The minimum Gasteiger partial charge on any atom is -2.00 e. The molecule has 361 valence electrons. The van der Waals surface area contributed by atoms with Gasteiger partial charge in [0.25, 0.3) is 0 Å². The molecule has 58 heavy (non-hydrogen) atoms. The number of hydrogen-bond acceptors (Lipinski definition) is 13. The first-order valence-electron chi connectivity index (χ1n) is 18.1. The van der Waals surface area contributed by atoms with Gasteiger partial charge in [-0.05, 0) is 0 Å². The average Bonchev–Trinajstić information content (AvgIpc) is 2.67. The maximum Gasteiger partial charge on any atom is 3.00 e. The third kappa shape index (κ3) is 6180. The number of rotatable bonds is 0. The summed E-state index contributed by atoms with van der Waals surface area (Å²) in [6.45, 7) is 41.9. The molecule has 0 aliphatic rings. The van der Waals surface area contributed by atoms with Crippen molar-refractivity contribution in [1.82, 2.24) is 0 Å². The summed E-state index contributed by atoms with van der Waals surface area (Å²) in [5, 5.41) is 124. The summed E-state index contributed by atoms with van der Waals surface area (Å²) < 4.78 is 0. The van der Waals surface area contributed by atoms with Crippen molar-refractivity contribution in [3.8, 4) is 0 Å². The Bertz CT molecular complexity index is 275. The van der Waals surface area contributed by atoms with E-state index in [0.717, 1.165) is 0 Å². The molecule has 0 aliphatic heterocycles. The Morgan fingerprint density at radius 2 is 0.138 bits per heavy atom. The molecule has 0 spiro atoms. The fourth-order valence-electron chi connectivity index (χ4n) is 0. The Hall–Kier alpha value is 6.13. The SMILES string of the molecule is CC(C)[O-].CC(C)[O-].CC(C)[O-].CC(C)[O-].CC(C)[O-].CC(C)[O-].CC(C)[O-].CC(C)[O-].CC(C)[O-].CC(C)[O-].CC(C)[O-].CC(C)[O-].CC(C)[O-].[O-2].[Sm+3].[Sm+3].[Sm+3].[Sm+3].[Sm+3]. The van der Waals surface area contributed by atoms with E-state index in [-0.39, 0.29) is 207 Å². The predicted molar refractivity (Wildman–Crippen MR) is 197 cm³/mol. The minimum absolute atomic E-state index is 0. The van der Waals surface area contributed by atoms with Gasteiger partial charge in [0, 0.05) is 0 Å². The molecular formula is C39H91O14Sm5. The van der Waals surface area contributed by atoms with Crippen molar-refractivity contribution >= 4 is 0 Å². The van der Waals surface area contributed by atoms with Crippen LogP contribution < -0.4 is 66.4 Å². The van der Waals surface area contributed by atoms with Gasteiger partial charge in [-0.2, -0.15) is 0 Å². The molecule has 0 aromatic heterocycles. The summed E-state index contributed by atoms with van der Waals surface area (Å²) >= 11 is 0. The molecule has 0 aliphatic carbocycles. The normalized spacial score (nSPS) is 8.07. The average molecular weight is 1540 g/mol. The zero-order chi connectivity index (χ0) is 46.5. The van der Waals surface area contributed by atoms with Crippen LogP contribution in [-0.4, -0.2) is 79.4 Å². The summed E-state index contributed by atoms with van der Waals surface area (Å²) in [5.74, 6) is 0. The van der Waals surface area contributed by atoms with Crippen molar-refractivity contribution in [2.24, 2.45) is 0 Å². The Morgan fingerprint density at radius 3 is 0.138 bits per heavy atom. The molecular weight excluding hydrogens is 1440 g/mol. The summed E-state index contributed by atoms with van der Waals surface area (Å²) in [4.78, 5) is 0. The molecule has 0 aromatic carbocycles. The Kier molecular flexibility index (Phi) is 259. The maximum atomic E-state index is 9.53. The third-order valence-electron chi connectivity index (χ3n) is 0. The van der Waals surface area contributed by atoms with Crippen LogP contribution in [0, 0.1) is 202 Å². The van der Waals surface area contributed by atoms with Gasteiger partial charge < -0.3 is 71.9 Å². The molecule has 0 atom stereocenters. The van der Waals surface area contributed by atoms with Gasteiger partial charge >= 0.3 is 202 Å². The van der Waals surface area contributed by atoms with E-state index < -0.39 is 79.4 Å². The van der Waals surface area contributed by atoms with Crippen molar-refractivity contribution < 1.29 is 274 Å². The largest absolute Gasteiger partial charge is 3.00 e.